The summed E-state index contributed by atoms with van der Waals surface area (Å²) in [6, 6.07) is 5.29. The molecule has 12 atom stereocenters. The third-order valence-electron chi connectivity index (χ3n) is 18.8. The lowest BCUT2D eigenvalue weighted by Gasteiger charge is -2.44. The van der Waals surface area contributed by atoms with Crippen LogP contribution >= 0.6 is 0 Å². The molecule has 0 aliphatic heterocycles. The molecule has 1 aromatic rings. The number of aliphatic hydroxyl groups is 2. The number of rotatable bonds is 13. The van der Waals surface area contributed by atoms with Crippen molar-refractivity contribution in [3.05, 3.63) is 107 Å². The quantitative estimate of drug-likeness (QED) is 0.158. The Hall–Kier alpha value is -3.06. The van der Waals surface area contributed by atoms with Crippen LogP contribution in [0.3, 0.4) is 0 Å². The molecule has 1 aromatic carbocycles. The highest BCUT2D eigenvalue weighted by Gasteiger charge is 2.52. The van der Waals surface area contributed by atoms with Crippen molar-refractivity contribution in [3.8, 4) is 0 Å². The van der Waals surface area contributed by atoms with Crippen molar-refractivity contribution in [1.82, 2.24) is 5.32 Å². The van der Waals surface area contributed by atoms with Crippen LogP contribution in [0.25, 0.3) is 0 Å². The maximum atomic E-state index is 13.3. The van der Waals surface area contributed by atoms with Crippen LogP contribution < -0.4 is 11.1 Å². The van der Waals surface area contributed by atoms with Crippen molar-refractivity contribution in [2.45, 2.75) is 221 Å². The van der Waals surface area contributed by atoms with Crippen molar-refractivity contribution in [2.24, 2.45) is 63.4 Å². The van der Waals surface area contributed by atoms with E-state index in [0.29, 0.717) is 58.3 Å². The first-order chi connectivity index (χ1) is 32.4. The minimum atomic E-state index is -0.588. The highest BCUT2D eigenvalue weighted by Crippen LogP contribution is 2.61. The second-order valence-corrected chi connectivity index (χ2v) is 26.0. The van der Waals surface area contributed by atoms with E-state index in [9.17, 15) is 19.4 Å². The highest BCUT2D eigenvalue weighted by atomic mass is 19.1. The molecule has 6 saturated carbocycles. The van der Waals surface area contributed by atoms with Crippen LogP contribution in [0.2, 0.25) is 0 Å². The fraction of sp³-hybridized carbons (Fsp3) is 0.698. The van der Waals surface area contributed by atoms with Crippen molar-refractivity contribution in [2.75, 3.05) is 0 Å². The number of allylic oxidation sites excluding steroid dienone is 6. The first kappa shape index (κ1) is 55.3. The van der Waals surface area contributed by atoms with E-state index < -0.39 is 11.7 Å². The lowest BCUT2D eigenvalue weighted by molar-refractivity contribution is 0.0596. The number of hydrogen-bond acceptors (Lipinski definition) is 4. The predicted molar refractivity (Wildman–Crippen MR) is 288 cm³/mol. The molecular weight excluding hydrogens is 852 g/mol. The molecule has 7 rings (SSSR count). The van der Waals surface area contributed by atoms with Gasteiger partial charge in [-0.25, -0.2) is 4.39 Å². The van der Waals surface area contributed by atoms with E-state index in [4.69, 9.17) is 5.73 Å². The number of aliphatic hydroxyl groups excluding tert-OH is 1. The summed E-state index contributed by atoms with van der Waals surface area (Å²) in [5, 5.41) is 23.7. The fourth-order valence-electron chi connectivity index (χ4n) is 14.9. The first-order valence-corrected chi connectivity index (χ1v) is 27.8. The van der Waals surface area contributed by atoms with Gasteiger partial charge in [-0.15, -0.1) is 0 Å². The minimum Gasteiger partial charge on any atom is -0.393 e. The summed E-state index contributed by atoms with van der Waals surface area (Å²) in [7, 11) is 0. The zero-order chi connectivity index (χ0) is 50.5. The Labute approximate surface area is 420 Å². The number of nitrogens with one attached hydrogen (secondary N) is 1. The third kappa shape index (κ3) is 14.1. The van der Waals surface area contributed by atoms with Gasteiger partial charge in [0.25, 0.3) is 5.91 Å². The van der Waals surface area contributed by atoms with Crippen LogP contribution in [-0.4, -0.2) is 39.9 Å². The Balaban J connectivity index is 0.000000235. The fourth-order valence-corrected chi connectivity index (χ4v) is 14.9. The Morgan fingerprint density at radius 1 is 0.797 bits per heavy atom. The van der Waals surface area contributed by atoms with Crippen molar-refractivity contribution >= 4 is 5.91 Å². The molecule has 69 heavy (non-hydrogen) atoms. The van der Waals surface area contributed by atoms with Gasteiger partial charge in [0, 0.05) is 11.6 Å². The second-order valence-electron chi connectivity index (χ2n) is 26.0. The summed E-state index contributed by atoms with van der Waals surface area (Å²) >= 11 is 0. The second kappa shape index (κ2) is 23.2. The number of amides is 1. The number of hydrogen-bond donors (Lipinski definition) is 4. The Morgan fingerprint density at radius 3 is 1.81 bits per heavy atom. The van der Waals surface area contributed by atoms with E-state index in [-0.39, 0.29) is 23.8 Å². The zero-order valence-corrected chi connectivity index (χ0v) is 45.2. The number of benzene rings is 1. The van der Waals surface area contributed by atoms with E-state index in [2.05, 4.69) is 98.2 Å². The van der Waals surface area contributed by atoms with Gasteiger partial charge in [-0.2, -0.15) is 0 Å². The van der Waals surface area contributed by atoms with Gasteiger partial charge in [0.1, 0.15) is 5.82 Å². The summed E-state index contributed by atoms with van der Waals surface area (Å²) in [6.45, 7) is 32.0. The molecule has 384 valence electrons. The molecular formula is C63H97FN2O3. The molecule has 0 radical (unpaired) electrons. The van der Waals surface area contributed by atoms with Gasteiger partial charge < -0.3 is 21.3 Å². The summed E-state index contributed by atoms with van der Waals surface area (Å²) in [6.07, 6.45) is 32.2. The monoisotopic (exact) mass is 949 g/mol. The topological polar surface area (TPSA) is 95.6 Å². The van der Waals surface area contributed by atoms with Gasteiger partial charge in [0.15, 0.2) is 0 Å². The number of nitrogens with two attached hydrogens (primary N) is 1. The van der Waals surface area contributed by atoms with Gasteiger partial charge in [-0.1, -0.05) is 130 Å². The Morgan fingerprint density at radius 2 is 1.30 bits per heavy atom. The molecule has 0 saturated heterocycles. The molecule has 5 N–H and O–H groups in total. The van der Waals surface area contributed by atoms with E-state index in [1.54, 1.807) is 5.57 Å². The molecule has 1 amide bonds. The molecule has 6 heteroatoms. The zero-order valence-electron chi connectivity index (χ0n) is 45.2. The van der Waals surface area contributed by atoms with Gasteiger partial charge in [0.2, 0.25) is 0 Å². The summed E-state index contributed by atoms with van der Waals surface area (Å²) in [5.41, 5.74) is 15.1. The molecule has 0 unspecified atom stereocenters. The van der Waals surface area contributed by atoms with Gasteiger partial charge >= 0.3 is 0 Å². The van der Waals surface area contributed by atoms with Crippen molar-refractivity contribution in [3.63, 3.8) is 0 Å². The largest absolute Gasteiger partial charge is 0.393 e. The third-order valence-corrected chi connectivity index (χ3v) is 18.8. The number of carbonyl (C=O) groups excluding carboxylic acids is 1. The summed E-state index contributed by atoms with van der Waals surface area (Å²) in [4.78, 5) is 12.7. The summed E-state index contributed by atoms with van der Waals surface area (Å²) in [5.74, 6) is 4.50. The number of fused-ring (bicyclic) bond motifs is 2. The van der Waals surface area contributed by atoms with Gasteiger partial charge in [-0.3, -0.25) is 4.79 Å². The van der Waals surface area contributed by atoms with Crippen molar-refractivity contribution in [1.29, 1.82) is 0 Å². The van der Waals surface area contributed by atoms with E-state index >= 15 is 0 Å². The van der Waals surface area contributed by atoms with Crippen LogP contribution in [0.4, 0.5) is 4.39 Å². The van der Waals surface area contributed by atoms with Crippen LogP contribution in [0.1, 0.15) is 208 Å². The predicted octanol–water partition coefficient (Wildman–Crippen LogP) is 15.5. The number of halogens is 1. The van der Waals surface area contributed by atoms with E-state index in [1.807, 2.05) is 13.8 Å². The molecule has 0 bridgehead atoms. The smallest absolute Gasteiger partial charge is 0.251 e. The molecule has 5 nitrogen and oxygen atoms in total. The van der Waals surface area contributed by atoms with Crippen molar-refractivity contribution < 1.29 is 19.4 Å². The minimum absolute atomic E-state index is 0.153. The van der Waals surface area contributed by atoms with Crippen LogP contribution in [-0.2, 0) is 0 Å². The van der Waals surface area contributed by atoms with Crippen LogP contribution in [0.5, 0.6) is 0 Å². The molecule has 0 spiro atoms. The molecule has 6 aliphatic carbocycles. The summed E-state index contributed by atoms with van der Waals surface area (Å²) < 4.78 is 13.3. The lowest BCUT2D eigenvalue weighted by Crippen LogP contribution is -2.41. The Bertz CT molecular complexity index is 2060. The SMILES string of the molecule is C=C1/C(=C\C=C2/CCC[C@]3(C)[C@@H]([C@H](C)CCCC(C)(C)C)CC[C@@H]23)C[C@@H](C)C[C@@H]1N.C=C1/C(=C\C=C2/CCC[C@]3(C)[C@@H]([C@H](C)CCCC(C)(C)O)CC[C@@H]23)C[C@@H](O)C[C@@H]1NC(=O)c1ccc(F)cc1. The van der Waals surface area contributed by atoms with E-state index in [0.717, 1.165) is 61.0 Å². The van der Waals surface area contributed by atoms with Crippen LogP contribution in [0, 0.1) is 63.5 Å². The molecule has 0 aromatic heterocycles. The standard InChI is InChI=1S/C34H48FNO3.C29H49N/c1-22(8-6-18-33(3,4)39)29-16-17-30-24(9-7-19-34(29,30)5)10-11-26-20-28(37)21-31(23(26)2)36-32(38)25-12-14-27(35)15-13-25;1-20-18-24(22(3)27(30)19-20)13-12-23-11-9-17-29(7)25(14-15-26(23)29)21(2)10-8-16-28(4,5)6/h10-15,22,28-31,37,39H,2,6-9,16-21H2,1,3-5H3,(H,36,38);12-13,20-21,25-27H,3,8-11,14-19,30H2,1-2,4-7H3/b24-10+,26-11-;23-12+,24-13-/t22-,28-,29-,30+,31+,34-;20-,21-,25-,26+,27+,29-/m11/s1. The average Bonchev–Trinajstić information content (AvgIpc) is 3.81. The first-order valence-electron chi connectivity index (χ1n) is 27.8. The lowest BCUT2D eigenvalue weighted by atomic mass is 9.60. The van der Waals surface area contributed by atoms with Gasteiger partial charge in [-0.05, 0) is 221 Å². The molecule has 6 aliphatic rings. The normalized spacial score (nSPS) is 35.2. The molecule has 6 fully saturated rings. The molecule has 0 heterocycles. The Kier molecular flexibility index (Phi) is 18.6. The van der Waals surface area contributed by atoms with Crippen LogP contribution in [0.15, 0.2) is 95.2 Å². The van der Waals surface area contributed by atoms with Gasteiger partial charge in [0.05, 0.1) is 17.7 Å². The highest BCUT2D eigenvalue weighted by molar-refractivity contribution is 5.94. The maximum absolute atomic E-state index is 13.3. The van der Waals surface area contributed by atoms with E-state index in [1.165, 1.54) is 124 Å². The average molecular weight is 949 g/mol. The maximum Gasteiger partial charge on any atom is 0.251 e. The number of carbonyl (C=O) groups is 1.